The summed E-state index contributed by atoms with van der Waals surface area (Å²) >= 11 is 0. The third-order valence-electron chi connectivity index (χ3n) is 5.08. The molecule has 0 atom stereocenters. The number of amides is 2. The zero-order valence-corrected chi connectivity index (χ0v) is 17.5. The summed E-state index contributed by atoms with van der Waals surface area (Å²) < 4.78 is 16.8. The van der Waals surface area contributed by atoms with Gasteiger partial charge in [-0.05, 0) is 61.9 Å². The second-order valence-corrected chi connectivity index (χ2v) is 7.29. The van der Waals surface area contributed by atoms with Crippen molar-refractivity contribution in [1.82, 2.24) is 30.2 Å². The highest BCUT2D eigenvalue weighted by atomic mass is 19.1. The number of aromatic nitrogens is 4. The Morgan fingerprint density at radius 2 is 1.66 bits per heavy atom. The van der Waals surface area contributed by atoms with E-state index in [0.717, 1.165) is 16.9 Å². The number of hydrazine groups is 1. The number of hydrogen-bond donors (Lipinski definition) is 2. The first kappa shape index (κ1) is 21.0. The van der Waals surface area contributed by atoms with Gasteiger partial charge in [-0.25, -0.2) is 14.1 Å². The molecule has 2 aromatic carbocycles. The Morgan fingerprint density at radius 1 is 0.969 bits per heavy atom. The standard InChI is InChI=1S/C23H21FN6O2/c1-15-11-21(16(2)30(15)20-9-7-19(24)8-10-20)23(32)28-27-22(31)18-5-3-17(4-6-18)12-29-14-25-13-26-29/h3-11,13-14H,12H2,1-2H3,(H,27,31)(H,28,32). The molecular weight excluding hydrogens is 411 g/mol. The summed E-state index contributed by atoms with van der Waals surface area (Å²) in [5.74, 6) is -1.20. The molecule has 0 aliphatic heterocycles. The topological polar surface area (TPSA) is 93.8 Å². The number of carbonyl (C=O) groups is 2. The van der Waals surface area contributed by atoms with Crippen molar-refractivity contribution in [2.24, 2.45) is 0 Å². The van der Waals surface area contributed by atoms with Crippen molar-refractivity contribution in [3.63, 3.8) is 0 Å². The first-order valence-electron chi connectivity index (χ1n) is 9.89. The minimum Gasteiger partial charge on any atom is -0.318 e. The SMILES string of the molecule is Cc1cc(C(=O)NNC(=O)c2ccc(Cn3cncn3)cc2)c(C)n1-c1ccc(F)cc1. The molecule has 0 radical (unpaired) electrons. The van der Waals surface area contributed by atoms with E-state index in [-0.39, 0.29) is 5.82 Å². The van der Waals surface area contributed by atoms with Gasteiger partial charge in [0.25, 0.3) is 11.8 Å². The van der Waals surface area contributed by atoms with Gasteiger partial charge >= 0.3 is 0 Å². The Bertz CT molecular complexity index is 1250. The van der Waals surface area contributed by atoms with Crippen molar-refractivity contribution < 1.29 is 14.0 Å². The van der Waals surface area contributed by atoms with Crippen molar-refractivity contribution in [2.45, 2.75) is 20.4 Å². The summed E-state index contributed by atoms with van der Waals surface area (Å²) in [5, 5.41) is 4.05. The van der Waals surface area contributed by atoms with Gasteiger partial charge in [0.05, 0.1) is 12.1 Å². The molecule has 2 aromatic heterocycles. The van der Waals surface area contributed by atoms with Gasteiger partial charge in [0.15, 0.2) is 0 Å². The number of nitrogens with zero attached hydrogens (tertiary/aromatic N) is 4. The Hall–Kier alpha value is -4.27. The molecule has 4 aromatic rings. The van der Waals surface area contributed by atoms with Crippen LogP contribution in [0.15, 0.2) is 67.3 Å². The van der Waals surface area contributed by atoms with E-state index in [1.807, 2.05) is 23.6 Å². The van der Waals surface area contributed by atoms with Crippen molar-refractivity contribution in [3.8, 4) is 5.69 Å². The average Bonchev–Trinajstić information content (AvgIpc) is 3.40. The maximum atomic E-state index is 13.2. The largest absolute Gasteiger partial charge is 0.318 e. The fourth-order valence-electron chi connectivity index (χ4n) is 3.50. The van der Waals surface area contributed by atoms with Crippen LogP contribution in [-0.2, 0) is 6.54 Å². The van der Waals surface area contributed by atoms with Gasteiger partial charge in [0.2, 0.25) is 0 Å². The van der Waals surface area contributed by atoms with Crippen LogP contribution in [-0.4, -0.2) is 31.1 Å². The highest BCUT2D eigenvalue weighted by molar-refractivity contribution is 5.99. The lowest BCUT2D eigenvalue weighted by Gasteiger charge is -2.11. The molecule has 2 N–H and O–H groups in total. The van der Waals surface area contributed by atoms with E-state index >= 15 is 0 Å². The van der Waals surface area contributed by atoms with E-state index in [9.17, 15) is 14.0 Å². The number of hydrogen-bond acceptors (Lipinski definition) is 4. The predicted octanol–water partition coefficient (Wildman–Crippen LogP) is 2.95. The van der Waals surface area contributed by atoms with Gasteiger partial charge in [-0.3, -0.25) is 20.4 Å². The van der Waals surface area contributed by atoms with E-state index in [1.165, 1.54) is 18.5 Å². The van der Waals surface area contributed by atoms with E-state index in [4.69, 9.17) is 0 Å². The van der Waals surface area contributed by atoms with Crippen molar-refractivity contribution >= 4 is 11.8 Å². The van der Waals surface area contributed by atoms with Crippen LogP contribution in [0, 0.1) is 19.7 Å². The van der Waals surface area contributed by atoms with E-state index in [1.54, 1.807) is 48.3 Å². The summed E-state index contributed by atoms with van der Waals surface area (Å²) in [7, 11) is 0. The number of benzene rings is 2. The van der Waals surface area contributed by atoms with Crippen molar-refractivity contribution in [2.75, 3.05) is 0 Å². The van der Waals surface area contributed by atoms with Crippen LogP contribution in [0.2, 0.25) is 0 Å². The maximum absolute atomic E-state index is 13.2. The van der Waals surface area contributed by atoms with Crippen molar-refractivity contribution in [3.05, 3.63) is 101 Å². The molecule has 0 saturated heterocycles. The Labute approximate surface area is 183 Å². The number of rotatable bonds is 5. The van der Waals surface area contributed by atoms with Crippen LogP contribution in [0.25, 0.3) is 5.69 Å². The number of halogens is 1. The van der Waals surface area contributed by atoms with E-state index in [0.29, 0.717) is 23.4 Å². The van der Waals surface area contributed by atoms with E-state index < -0.39 is 11.8 Å². The quantitative estimate of drug-likeness (QED) is 0.474. The normalized spacial score (nSPS) is 10.7. The van der Waals surface area contributed by atoms with Gasteiger partial charge in [0.1, 0.15) is 18.5 Å². The first-order chi connectivity index (χ1) is 15.4. The fraction of sp³-hybridized carbons (Fsp3) is 0.130. The molecule has 0 aliphatic carbocycles. The van der Waals surface area contributed by atoms with Crippen LogP contribution in [0.3, 0.4) is 0 Å². The number of aryl methyl sites for hydroxylation is 1. The minimum absolute atomic E-state index is 0.330. The maximum Gasteiger partial charge on any atom is 0.271 e. The van der Waals surface area contributed by atoms with Gasteiger partial charge in [-0.2, -0.15) is 5.10 Å². The predicted molar refractivity (Wildman–Crippen MR) is 116 cm³/mol. The molecule has 0 bridgehead atoms. The highest BCUT2D eigenvalue weighted by Gasteiger charge is 2.17. The molecule has 162 valence electrons. The zero-order chi connectivity index (χ0) is 22.7. The summed E-state index contributed by atoms with van der Waals surface area (Å²) in [6.07, 6.45) is 3.07. The molecule has 8 nitrogen and oxygen atoms in total. The monoisotopic (exact) mass is 432 g/mol. The van der Waals surface area contributed by atoms with Crippen LogP contribution >= 0.6 is 0 Å². The Balaban J connectivity index is 1.41. The van der Waals surface area contributed by atoms with Crippen LogP contribution < -0.4 is 10.9 Å². The number of nitrogens with one attached hydrogen (secondary N) is 2. The van der Waals surface area contributed by atoms with E-state index in [2.05, 4.69) is 20.9 Å². The number of carbonyl (C=O) groups excluding carboxylic acids is 2. The molecule has 4 rings (SSSR count). The van der Waals surface area contributed by atoms with Crippen molar-refractivity contribution in [1.29, 1.82) is 0 Å². The molecule has 0 unspecified atom stereocenters. The van der Waals surface area contributed by atoms with Gasteiger partial charge in [-0.1, -0.05) is 12.1 Å². The molecule has 0 fully saturated rings. The first-order valence-corrected chi connectivity index (χ1v) is 9.89. The smallest absolute Gasteiger partial charge is 0.271 e. The second-order valence-electron chi connectivity index (χ2n) is 7.29. The fourth-order valence-corrected chi connectivity index (χ4v) is 3.50. The molecule has 0 saturated carbocycles. The molecule has 32 heavy (non-hydrogen) atoms. The van der Waals surface area contributed by atoms with Gasteiger partial charge in [0, 0.05) is 22.6 Å². The van der Waals surface area contributed by atoms with Gasteiger partial charge < -0.3 is 4.57 Å². The second kappa shape index (κ2) is 8.84. The summed E-state index contributed by atoms with van der Waals surface area (Å²) in [6.45, 7) is 4.19. The summed E-state index contributed by atoms with van der Waals surface area (Å²) in [4.78, 5) is 29.0. The molecular formula is C23H21FN6O2. The Kier molecular flexibility index (Phi) is 5.80. The lowest BCUT2D eigenvalue weighted by atomic mass is 10.1. The highest BCUT2D eigenvalue weighted by Crippen LogP contribution is 2.21. The van der Waals surface area contributed by atoms with Crippen LogP contribution in [0.4, 0.5) is 4.39 Å². The third-order valence-corrected chi connectivity index (χ3v) is 5.08. The summed E-state index contributed by atoms with van der Waals surface area (Å²) in [6, 6.07) is 14.7. The molecule has 2 amide bonds. The van der Waals surface area contributed by atoms with Crippen LogP contribution in [0.1, 0.15) is 37.7 Å². The Morgan fingerprint density at radius 3 is 2.31 bits per heavy atom. The van der Waals surface area contributed by atoms with Gasteiger partial charge in [-0.15, -0.1) is 0 Å². The lowest BCUT2D eigenvalue weighted by molar-refractivity contribution is 0.0846. The average molecular weight is 432 g/mol. The molecule has 0 spiro atoms. The lowest BCUT2D eigenvalue weighted by Crippen LogP contribution is -2.41. The van der Waals surface area contributed by atoms with Crippen LogP contribution in [0.5, 0.6) is 0 Å². The summed E-state index contributed by atoms with van der Waals surface area (Å²) in [5.41, 5.74) is 8.92. The minimum atomic E-state index is -0.442. The molecule has 2 heterocycles. The zero-order valence-electron chi connectivity index (χ0n) is 17.5. The third kappa shape index (κ3) is 4.41. The molecule has 9 heteroatoms. The molecule has 0 aliphatic rings.